The molecule has 1 N–H and O–H groups in total. The average Bonchev–Trinajstić information content (AvgIpc) is 3.02. The van der Waals surface area contributed by atoms with Crippen LogP contribution in [-0.4, -0.2) is 88.1 Å². The summed E-state index contributed by atoms with van der Waals surface area (Å²) in [6, 6.07) is 0. The third-order valence-corrected chi connectivity index (χ3v) is 5.10. The van der Waals surface area contributed by atoms with Gasteiger partial charge in [-0.2, -0.15) is 5.10 Å². The number of aromatic amines is 1. The number of hydrogen-bond donors (Lipinski definition) is 1. The van der Waals surface area contributed by atoms with Gasteiger partial charge in [-0.05, 0) is 26.3 Å². The van der Waals surface area contributed by atoms with Gasteiger partial charge in [-0.3, -0.25) is 14.8 Å². The van der Waals surface area contributed by atoms with Gasteiger partial charge in [0.05, 0.1) is 6.54 Å². The van der Waals surface area contributed by atoms with Gasteiger partial charge < -0.3 is 9.80 Å². The molecule has 0 aromatic carbocycles. The minimum absolute atomic E-state index is 0.277. The molecule has 1 aromatic rings. The predicted octanol–water partition coefficient (Wildman–Crippen LogP) is 0.457. The quantitative estimate of drug-likeness (QED) is 0.873. The minimum atomic E-state index is 0.277. The van der Waals surface area contributed by atoms with E-state index in [9.17, 15) is 4.79 Å². The van der Waals surface area contributed by atoms with Crippen LogP contribution in [0.1, 0.15) is 37.3 Å². The number of piperazine rings is 1. The highest BCUT2D eigenvalue weighted by atomic mass is 16.2. The van der Waals surface area contributed by atoms with Crippen LogP contribution in [0.3, 0.4) is 0 Å². The van der Waals surface area contributed by atoms with E-state index in [4.69, 9.17) is 0 Å². The summed E-state index contributed by atoms with van der Waals surface area (Å²) in [5, 5.41) is 7.18. The Morgan fingerprint density at radius 1 is 1.13 bits per heavy atom. The molecule has 7 heteroatoms. The van der Waals surface area contributed by atoms with Crippen molar-refractivity contribution < 1.29 is 4.79 Å². The lowest BCUT2D eigenvalue weighted by atomic mass is 9.96. The molecule has 128 valence electrons. The minimum Gasteiger partial charge on any atom is -0.342 e. The zero-order chi connectivity index (χ0) is 16.2. The summed E-state index contributed by atoms with van der Waals surface area (Å²) in [5.74, 6) is 2.44. The van der Waals surface area contributed by atoms with Crippen LogP contribution in [0.25, 0.3) is 0 Å². The predicted molar refractivity (Wildman–Crippen MR) is 88.2 cm³/mol. The van der Waals surface area contributed by atoms with E-state index in [-0.39, 0.29) is 5.91 Å². The van der Waals surface area contributed by atoms with Gasteiger partial charge in [0.25, 0.3) is 0 Å². The van der Waals surface area contributed by atoms with Crippen molar-refractivity contribution >= 4 is 5.91 Å². The van der Waals surface area contributed by atoms with Crippen molar-refractivity contribution in [1.82, 2.24) is 29.9 Å². The van der Waals surface area contributed by atoms with Crippen LogP contribution in [0.4, 0.5) is 0 Å². The third-order valence-electron chi connectivity index (χ3n) is 5.10. The molecular weight excluding hydrogens is 292 g/mol. The molecule has 0 atom stereocenters. The molecule has 3 heterocycles. The van der Waals surface area contributed by atoms with Crippen molar-refractivity contribution in [3.8, 4) is 0 Å². The fourth-order valence-corrected chi connectivity index (χ4v) is 3.48. The maximum Gasteiger partial charge on any atom is 0.236 e. The van der Waals surface area contributed by atoms with Gasteiger partial charge in [0.15, 0.2) is 5.82 Å². The number of hydrogen-bond acceptors (Lipinski definition) is 5. The molecule has 2 saturated heterocycles. The van der Waals surface area contributed by atoms with E-state index in [2.05, 4.69) is 31.9 Å². The summed E-state index contributed by atoms with van der Waals surface area (Å²) >= 11 is 0. The van der Waals surface area contributed by atoms with E-state index < -0.39 is 0 Å². The Labute approximate surface area is 138 Å². The number of aryl methyl sites for hydroxylation is 1. The summed E-state index contributed by atoms with van der Waals surface area (Å²) in [6.45, 7) is 11.6. The number of amides is 1. The number of carbonyl (C=O) groups is 1. The number of carbonyl (C=O) groups excluding carboxylic acids is 1. The van der Waals surface area contributed by atoms with Crippen molar-refractivity contribution in [1.29, 1.82) is 0 Å². The first-order chi connectivity index (χ1) is 11.2. The van der Waals surface area contributed by atoms with E-state index >= 15 is 0 Å². The Morgan fingerprint density at radius 2 is 1.78 bits per heavy atom. The summed E-state index contributed by atoms with van der Waals surface area (Å²) in [4.78, 5) is 23.7. The summed E-state index contributed by atoms with van der Waals surface area (Å²) < 4.78 is 0. The van der Waals surface area contributed by atoms with Gasteiger partial charge in [-0.25, -0.2) is 4.98 Å². The van der Waals surface area contributed by atoms with E-state index in [0.717, 1.165) is 70.3 Å². The SMILES string of the molecule is CCN1CCN(CC(=O)N2CCC(c3n[nH]c(C)n3)CC2)CC1. The van der Waals surface area contributed by atoms with Crippen molar-refractivity contribution in [3.63, 3.8) is 0 Å². The van der Waals surface area contributed by atoms with E-state index in [0.29, 0.717) is 12.5 Å². The Balaban J connectivity index is 1.43. The Hall–Kier alpha value is -1.47. The number of nitrogens with one attached hydrogen (secondary N) is 1. The molecule has 2 aliphatic heterocycles. The van der Waals surface area contributed by atoms with Gasteiger partial charge in [-0.1, -0.05) is 6.92 Å². The van der Waals surface area contributed by atoms with E-state index in [1.165, 1.54) is 0 Å². The molecule has 2 aliphatic rings. The first-order valence-corrected chi connectivity index (χ1v) is 8.77. The molecule has 1 aromatic heterocycles. The van der Waals surface area contributed by atoms with Gasteiger partial charge in [0.2, 0.25) is 5.91 Å². The lowest BCUT2D eigenvalue weighted by Crippen LogP contribution is -2.50. The molecule has 0 radical (unpaired) electrons. The maximum absolute atomic E-state index is 12.5. The first-order valence-electron chi connectivity index (χ1n) is 8.77. The highest BCUT2D eigenvalue weighted by molar-refractivity contribution is 5.78. The fraction of sp³-hybridized carbons (Fsp3) is 0.812. The number of rotatable bonds is 4. The maximum atomic E-state index is 12.5. The highest BCUT2D eigenvalue weighted by Crippen LogP contribution is 2.25. The number of aromatic nitrogens is 3. The fourth-order valence-electron chi connectivity index (χ4n) is 3.48. The van der Waals surface area contributed by atoms with Gasteiger partial charge in [0.1, 0.15) is 5.82 Å². The van der Waals surface area contributed by atoms with Crippen molar-refractivity contribution in [3.05, 3.63) is 11.6 Å². The summed E-state index contributed by atoms with van der Waals surface area (Å²) in [7, 11) is 0. The second-order valence-electron chi connectivity index (χ2n) is 6.64. The largest absolute Gasteiger partial charge is 0.342 e. The normalized spacial score (nSPS) is 21.7. The monoisotopic (exact) mass is 320 g/mol. The molecule has 3 rings (SSSR count). The van der Waals surface area contributed by atoms with Crippen LogP contribution in [0, 0.1) is 6.92 Å². The van der Waals surface area contributed by atoms with Crippen molar-refractivity contribution in [2.45, 2.75) is 32.6 Å². The lowest BCUT2D eigenvalue weighted by molar-refractivity contribution is -0.133. The Morgan fingerprint density at radius 3 is 2.35 bits per heavy atom. The van der Waals surface area contributed by atoms with Gasteiger partial charge >= 0.3 is 0 Å². The topological polar surface area (TPSA) is 68.4 Å². The molecule has 23 heavy (non-hydrogen) atoms. The van der Waals surface area contributed by atoms with E-state index in [1.807, 2.05) is 11.8 Å². The van der Waals surface area contributed by atoms with Crippen LogP contribution in [0.2, 0.25) is 0 Å². The lowest BCUT2D eigenvalue weighted by Gasteiger charge is -2.36. The molecule has 0 aliphatic carbocycles. The molecule has 1 amide bonds. The molecular formula is C16H28N6O. The number of likely N-dealkylation sites (tertiary alicyclic amines) is 1. The Bertz CT molecular complexity index is 514. The molecule has 0 bridgehead atoms. The second kappa shape index (κ2) is 7.40. The molecule has 7 nitrogen and oxygen atoms in total. The second-order valence-corrected chi connectivity index (χ2v) is 6.64. The smallest absolute Gasteiger partial charge is 0.236 e. The van der Waals surface area contributed by atoms with Crippen molar-refractivity contribution in [2.75, 3.05) is 52.4 Å². The van der Waals surface area contributed by atoms with Crippen LogP contribution in [0.15, 0.2) is 0 Å². The van der Waals surface area contributed by atoms with Gasteiger partial charge in [0, 0.05) is 45.2 Å². The zero-order valence-corrected chi connectivity index (χ0v) is 14.3. The zero-order valence-electron chi connectivity index (χ0n) is 14.3. The van der Waals surface area contributed by atoms with Crippen LogP contribution >= 0.6 is 0 Å². The Kier molecular flexibility index (Phi) is 5.27. The summed E-state index contributed by atoms with van der Waals surface area (Å²) in [6.07, 6.45) is 1.93. The summed E-state index contributed by atoms with van der Waals surface area (Å²) in [5.41, 5.74) is 0. The van der Waals surface area contributed by atoms with Gasteiger partial charge in [-0.15, -0.1) is 0 Å². The average molecular weight is 320 g/mol. The molecule has 0 saturated carbocycles. The van der Waals surface area contributed by atoms with Crippen LogP contribution in [0.5, 0.6) is 0 Å². The van der Waals surface area contributed by atoms with Crippen molar-refractivity contribution in [2.24, 2.45) is 0 Å². The molecule has 2 fully saturated rings. The standard InChI is InChI=1S/C16H28N6O/c1-3-20-8-10-21(11-9-20)12-15(23)22-6-4-14(5-7-22)16-17-13(2)18-19-16/h14H,3-12H2,1-2H3,(H,17,18,19). The first kappa shape index (κ1) is 16.4. The molecule has 0 unspecified atom stereocenters. The number of piperidine rings is 1. The number of likely N-dealkylation sites (N-methyl/N-ethyl adjacent to an activating group) is 1. The molecule has 0 spiro atoms. The van der Waals surface area contributed by atoms with Crippen LogP contribution < -0.4 is 0 Å². The number of H-pyrrole nitrogens is 1. The van der Waals surface area contributed by atoms with Crippen LogP contribution in [-0.2, 0) is 4.79 Å². The van der Waals surface area contributed by atoms with E-state index in [1.54, 1.807) is 0 Å². The third kappa shape index (κ3) is 4.09. The highest BCUT2D eigenvalue weighted by Gasteiger charge is 2.27. The number of nitrogens with zero attached hydrogens (tertiary/aromatic N) is 5.